The second kappa shape index (κ2) is 7.09. The normalized spacial score (nSPS) is 29.3. The maximum atomic E-state index is 6.16. The number of hydrogen-bond donors (Lipinski definition) is 1. The molecule has 2 rings (SSSR count). The molecule has 1 atom stereocenters. The summed E-state index contributed by atoms with van der Waals surface area (Å²) in [6.45, 7) is 4.05. The average molecular weight is 275 g/mol. The van der Waals surface area contributed by atoms with Crippen molar-refractivity contribution >= 4 is 11.6 Å². The Balaban J connectivity index is 1.72. The molecule has 0 aromatic heterocycles. The summed E-state index contributed by atoms with van der Waals surface area (Å²) in [4.78, 5) is 2.52. The molecule has 0 amide bonds. The third kappa shape index (κ3) is 3.83. The first kappa shape index (κ1) is 14.6. The Morgan fingerprint density at radius 2 is 2.11 bits per heavy atom. The van der Waals surface area contributed by atoms with Gasteiger partial charge in [0.15, 0.2) is 0 Å². The van der Waals surface area contributed by atoms with Gasteiger partial charge < -0.3 is 15.0 Å². The van der Waals surface area contributed by atoms with Gasteiger partial charge in [0.25, 0.3) is 0 Å². The Morgan fingerprint density at radius 3 is 2.78 bits per heavy atom. The SMILES string of the molecule is CN1CCCCC1CCNC1(CCl)CCOCC1. The number of hydrogen-bond acceptors (Lipinski definition) is 3. The fraction of sp³-hybridized carbons (Fsp3) is 1.00. The van der Waals surface area contributed by atoms with Crippen LogP contribution in [0.4, 0.5) is 0 Å². The molecule has 1 N–H and O–H groups in total. The van der Waals surface area contributed by atoms with Gasteiger partial charge in [0.2, 0.25) is 0 Å². The highest BCUT2D eigenvalue weighted by Crippen LogP contribution is 2.23. The molecule has 0 aromatic carbocycles. The number of rotatable bonds is 5. The monoisotopic (exact) mass is 274 g/mol. The van der Waals surface area contributed by atoms with Crippen LogP contribution in [0.15, 0.2) is 0 Å². The Morgan fingerprint density at radius 1 is 1.33 bits per heavy atom. The van der Waals surface area contributed by atoms with Crippen molar-refractivity contribution in [3.63, 3.8) is 0 Å². The average Bonchev–Trinajstić information content (AvgIpc) is 2.42. The summed E-state index contributed by atoms with van der Waals surface area (Å²) in [6.07, 6.45) is 7.46. The van der Waals surface area contributed by atoms with E-state index in [1.807, 2.05) is 0 Å². The van der Waals surface area contributed by atoms with E-state index in [4.69, 9.17) is 16.3 Å². The predicted molar refractivity (Wildman–Crippen MR) is 76.4 cm³/mol. The lowest BCUT2D eigenvalue weighted by atomic mass is 9.91. The lowest BCUT2D eigenvalue weighted by Crippen LogP contribution is -2.52. The van der Waals surface area contributed by atoms with Crippen LogP contribution in [0.1, 0.15) is 38.5 Å². The first-order chi connectivity index (χ1) is 8.76. The van der Waals surface area contributed by atoms with Crippen LogP contribution < -0.4 is 5.32 Å². The zero-order valence-electron chi connectivity index (χ0n) is 11.6. The van der Waals surface area contributed by atoms with Crippen LogP contribution in [-0.4, -0.2) is 55.7 Å². The topological polar surface area (TPSA) is 24.5 Å². The first-order valence-electron chi connectivity index (χ1n) is 7.35. The van der Waals surface area contributed by atoms with Crippen LogP contribution in [0, 0.1) is 0 Å². The van der Waals surface area contributed by atoms with Gasteiger partial charge in [-0.15, -0.1) is 11.6 Å². The molecule has 18 heavy (non-hydrogen) atoms. The summed E-state index contributed by atoms with van der Waals surface area (Å²) in [5.74, 6) is 0.705. The number of piperidine rings is 1. The summed E-state index contributed by atoms with van der Waals surface area (Å²) >= 11 is 6.16. The van der Waals surface area contributed by atoms with Crippen molar-refractivity contribution in [2.45, 2.75) is 50.1 Å². The minimum Gasteiger partial charge on any atom is -0.381 e. The molecule has 2 aliphatic heterocycles. The highest BCUT2D eigenvalue weighted by atomic mass is 35.5. The van der Waals surface area contributed by atoms with Crippen LogP contribution in [0.2, 0.25) is 0 Å². The fourth-order valence-electron chi connectivity index (χ4n) is 3.13. The van der Waals surface area contributed by atoms with Gasteiger partial charge in [0.1, 0.15) is 0 Å². The molecular formula is C14H27ClN2O. The summed E-state index contributed by atoms with van der Waals surface area (Å²) in [5, 5.41) is 3.71. The van der Waals surface area contributed by atoms with E-state index in [0.717, 1.165) is 38.6 Å². The zero-order valence-corrected chi connectivity index (χ0v) is 12.3. The molecule has 2 aliphatic rings. The number of halogens is 1. The van der Waals surface area contributed by atoms with Gasteiger partial charge in [0, 0.05) is 30.7 Å². The lowest BCUT2D eigenvalue weighted by Gasteiger charge is -2.38. The molecule has 0 aromatic rings. The quantitative estimate of drug-likeness (QED) is 0.778. The second-order valence-corrected chi connectivity index (χ2v) is 6.14. The van der Waals surface area contributed by atoms with Crippen LogP contribution in [0.3, 0.4) is 0 Å². The molecule has 2 heterocycles. The molecule has 2 saturated heterocycles. The molecule has 0 radical (unpaired) electrons. The molecule has 0 spiro atoms. The second-order valence-electron chi connectivity index (χ2n) is 5.87. The Hall–Kier alpha value is 0.170. The molecule has 0 aliphatic carbocycles. The molecule has 4 heteroatoms. The maximum absolute atomic E-state index is 6.16. The highest BCUT2D eigenvalue weighted by Gasteiger charge is 2.31. The molecule has 106 valence electrons. The van der Waals surface area contributed by atoms with Crippen LogP contribution in [0.5, 0.6) is 0 Å². The fourth-order valence-corrected chi connectivity index (χ4v) is 3.49. The van der Waals surface area contributed by atoms with E-state index in [1.54, 1.807) is 0 Å². The van der Waals surface area contributed by atoms with Gasteiger partial charge in [-0.25, -0.2) is 0 Å². The van der Waals surface area contributed by atoms with Gasteiger partial charge in [-0.1, -0.05) is 6.42 Å². The van der Waals surface area contributed by atoms with E-state index in [-0.39, 0.29) is 5.54 Å². The van der Waals surface area contributed by atoms with E-state index in [1.165, 1.54) is 32.2 Å². The number of alkyl halides is 1. The molecule has 1 unspecified atom stereocenters. The van der Waals surface area contributed by atoms with Gasteiger partial charge in [-0.2, -0.15) is 0 Å². The van der Waals surface area contributed by atoms with E-state index in [0.29, 0.717) is 5.88 Å². The third-order valence-corrected chi connectivity index (χ3v) is 5.12. The van der Waals surface area contributed by atoms with E-state index < -0.39 is 0 Å². The van der Waals surface area contributed by atoms with Crippen molar-refractivity contribution in [1.29, 1.82) is 0 Å². The van der Waals surface area contributed by atoms with Gasteiger partial charge in [0.05, 0.1) is 0 Å². The predicted octanol–water partition coefficient (Wildman–Crippen LogP) is 2.24. The maximum Gasteiger partial charge on any atom is 0.0484 e. The number of ether oxygens (including phenoxy) is 1. The van der Waals surface area contributed by atoms with Crippen molar-refractivity contribution in [1.82, 2.24) is 10.2 Å². The summed E-state index contributed by atoms with van der Waals surface area (Å²) in [6, 6.07) is 0.762. The Kier molecular flexibility index (Phi) is 5.74. The first-order valence-corrected chi connectivity index (χ1v) is 7.88. The number of likely N-dealkylation sites (tertiary alicyclic amines) is 1. The minimum atomic E-state index is 0.132. The molecule has 2 fully saturated rings. The van der Waals surface area contributed by atoms with E-state index in [9.17, 15) is 0 Å². The van der Waals surface area contributed by atoms with E-state index >= 15 is 0 Å². The third-order valence-electron chi connectivity index (χ3n) is 4.60. The Bertz CT molecular complexity index is 244. The number of nitrogens with one attached hydrogen (secondary N) is 1. The van der Waals surface area contributed by atoms with Crippen LogP contribution >= 0.6 is 11.6 Å². The van der Waals surface area contributed by atoms with Gasteiger partial charge in [-0.05, 0) is 52.2 Å². The van der Waals surface area contributed by atoms with Gasteiger partial charge in [-0.3, -0.25) is 0 Å². The van der Waals surface area contributed by atoms with Crippen molar-refractivity contribution in [2.75, 3.05) is 39.2 Å². The molecule has 3 nitrogen and oxygen atoms in total. The summed E-state index contributed by atoms with van der Waals surface area (Å²) in [5.41, 5.74) is 0.132. The van der Waals surface area contributed by atoms with Crippen molar-refractivity contribution in [2.24, 2.45) is 0 Å². The Labute approximate surface area is 116 Å². The molecule has 0 saturated carbocycles. The lowest BCUT2D eigenvalue weighted by molar-refractivity contribution is 0.0453. The largest absolute Gasteiger partial charge is 0.381 e. The van der Waals surface area contributed by atoms with E-state index in [2.05, 4.69) is 17.3 Å². The highest BCUT2D eigenvalue weighted by molar-refractivity contribution is 6.18. The molecule has 0 bridgehead atoms. The van der Waals surface area contributed by atoms with Gasteiger partial charge >= 0.3 is 0 Å². The van der Waals surface area contributed by atoms with Crippen molar-refractivity contribution < 1.29 is 4.74 Å². The number of nitrogens with zero attached hydrogens (tertiary/aromatic N) is 1. The smallest absolute Gasteiger partial charge is 0.0484 e. The molecular weight excluding hydrogens is 248 g/mol. The summed E-state index contributed by atoms with van der Waals surface area (Å²) < 4.78 is 5.43. The minimum absolute atomic E-state index is 0.132. The zero-order chi connectivity index (χ0) is 12.8. The van der Waals surface area contributed by atoms with Crippen LogP contribution in [0.25, 0.3) is 0 Å². The van der Waals surface area contributed by atoms with Crippen molar-refractivity contribution in [3.05, 3.63) is 0 Å². The van der Waals surface area contributed by atoms with Crippen LogP contribution in [-0.2, 0) is 4.74 Å². The summed E-state index contributed by atoms with van der Waals surface area (Å²) in [7, 11) is 2.26. The standard InChI is InChI=1S/C14H27ClN2O/c1-17-9-3-2-4-13(17)5-8-16-14(12-15)6-10-18-11-7-14/h13,16H,2-12H2,1H3. The van der Waals surface area contributed by atoms with Crippen molar-refractivity contribution in [3.8, 4) is 0 Å².